The average molecular weight is 330 g/mol. The molecular weight excluding hydrogens is 309 g/mol. The number of Topliss-reactive ketones (excluding diaryl/α,β-unsaturated/α-hetero) is 1. The van der Waals surface area contributed by atoms with Crippen LogP contribution >= 0.6 is 0 Å². The molecule has 0 unspecified atom stereocenters. The third-order valence-electron chi connectivity index (χ3n) is 2.89. The van der Waals surface area contributed by atoms with E-state index in [1.807, 2.05) is 20.3 Å². The minimum absolute atomic E-state index is 0. The Bertz CT molecular complexity index is 280. The Hall–Kier alpha value is 0.204. The molecule has 1 rings (SSSR count). The summed E-state index contributed by atoms with van der Waals surface area (Å²) in [6.45, 7) is 5.72. The minimum atomic E-state index is -0.316. The Kier molecular flexibility index (Phi) is 9.27. The van der Waals surface area contributed by atoms with Gasteiger partial charge >= 0.3 is 5.97 Å². The minimum Gasteiger partial charge on any atom is -0.493 e. The molecule has 4 nitrogen and oxygen atoms in total. The second-order valence-electron chi connectivity index (χ2n) is 4.33. The second kappa shape index (κ2) is 9.16. The molecule has 1 aliphatic heterocycles. The molecular formula is C13H21O4Y-. The van der Waals surface area contributed by atoms with Gasteiger partial charge in [-0.3, -0.25) is 16.0 Å². The quantitative estimate of drug-likeness (QED) is 0.553. The van der Waals surface area contributed by atoms with Crippen LogP contribution < -0.4 is 0 Å². The first-order chi connectivity index (χ1) is 8.06. The molecule has 0 amide bonds. The fraction of sp³-hybridized carbons (Fsp3) is 0.769. The Morgan fingerprint density at radius 2 is 1.94 bits per heavy atom. The Morgan fingerprint density at radius 1 is 1.28 bits per heavy atom. The van der Waals surface area contributed by atoms with Crippen LogP contribution in [0.15, 0.2) is 0 Å². The molecule has 0 aromatic rings. The first-order valence-corrected chi connectivity index (χ1v) is 6.28. The maximum absolute atomic E-state index is 11.5. The first-order valence-electron chi connectivity index (χ1n) is 6.28. The summed E-state index contributed by atoms with van der Waals surface area (Å²) < 4.78 is 10.9. The van der Waals surface area contributed by atoms with Crippen LogP contribution in [0.4, 0.5) is 0 Å². The normalized spacial score (nSPS) is 26.5. The number of esters is 1. The van der Waals surface area contributed by atoms with Crippen LogP contribution in [0.1, 0.15) is 46.5 Å². The van der Waals surface area contributed by atoms with Crippen LogP contribution in [-0.2, 0) is 51.8 Å². The van der Waals surface area contributed by atoms with Gasteiger partial charge in [0.2, 0.25) is 0 Å². The predicted octanol–water partition coefficient (Wildman–Crippen LogP) is 2.06. The molecule has 0 aromatic heterocycles. The Balaban J connectivity index is 0.00000289. The molecule has 0 aromatic carbocycles. The number of hydrogen-bond donors (Lipinski definition) is 0. The number of rotatable bonds is 6. The molecule has 0 bridgehead atoms. The van der Waals surface area contributed by atoms with Gasteiger partial charge in [-0.05, 0) is 6.42 Å². The van der Waals surface area contributed by atoms with Crippen molar-refractivity contribution < 1.29 is 51.8 Å². The predicted molar refractivity (Wildman–Crippen MR) is 63.3 cm³/mol. The number of ether oxygens (including phenoxy) is 2. The molecule has 1 radical (unpaired) electrons. The second-order valence-corrected chi connectivity index (χ2v) is 4.33. The zero-order chi connectivity index (χ0) is 12.8. The summed E-state index contributed by atoms with van der Waals surface area (Å²) in [5.74, 6) is -0.224. The summed E-state index contributed by atoms with van der Waals surface area (Å²) in [4.78, 5) is 22.6. The van der Waals surface area contributed by atoms with E-state index in [9.17, 15) is 9.59 Å². The van der Waals surface area contributed by atoms with E-state index < -0.39 is 0 Å². The molecule has 1 fully saturated rings. The Morgan fingerprint density at radius 3 is 2.50 bits per heavy atom. The summed E-state index contributed by atoms with van der Waals surface area (Å²) >= 11 is 0. The third-order valence-corrected chi connectivity index (χ3v) is 2.89. The summed E-state index contributed by atoms with van der Waals surface area (Å²) in [5, 5.41) is 0. The number of carbonyl (C=O) groups excluding carboxylic acids is 2. The molecule has 18 heavy (non-hydrogen) atoms. The van der Waals surface area contributed by atoms with E-state index in [2.05, 4.69) is 0 Å². The smallest absolute Gasteiger partial charge is 0.303 e. The van der Waals surface area contributed by atoms with Crippen molar-refractivity contribution in [3.8, 4) is 0 Å². The van der Waals surface area contributed by atoms with Crippen LogP contribution in [0.5, 0.6) is 0 Å². The van der Waals surface area contributed by atoms with Gasteiger partial charge in [-0.2, -0.15) is 0 Å². The topological polar surface area (TPSA) is 52.6 Å². The van der Waals surface area contributed by atoms with Gasteiger partial charge in [-0.25, -0.2) is 0 Å². The van der Waals surface area contributed by atoms with Crippen molar-refractivity contribution in [2.75, 3.05) is 0 Å². The molecule has 101 valence electrons. The molecule has 5 heteroatoms. The SMILES string of the molecule is CCC(=O)CCC(=O)O[C@@H]1[CH-][C@H](C)O[C@@H]1CC.[Y]. The molecule has 0 saturated carbocycles. The molecule has 1 heterocycles. The molecule has 1 aliphatic rings. The van der Waals surface area contributed by atoms with Gasteiger partial charge < -0.3 is 9.47 Å². The first kappa shape index (κ1) is 18.2. The standard InChI is InChI=1S/C13H21O4.Y/c1-4-10(14)6-7-13(15)17-12-8-9(3)16-11(12)5-2;/h8-9,11-12H,4-7H2,1-3H3;/q-1;/t9-,11+,12+;/m0./s1. The van der Waals surface area contributed by atoms with Crippen molar-refractivity contribution in [2.45, 2.75) is 64.8 Å². The number of hydrogen-bond acceptors (Lipinski definition) is 4. The van der Waals surface area contributed by atoms with E-state index in [0.717, 1.165) is 6.42 Å². The molecule has 1 saturated heterocycles. The van der Waals surface area contributed by atoms with Gasteiger partial charge in [0, 0.05) is 51.7 Å². The van der Waals surface area contributed by atoms with Gasteiger partial charge in [0.1, 0.15) is 5.78 Å². The van der Waals surface area contributed by atoms with Crippen LogP contribution in [0.3, 0.4) is 0 Å². The van der Waals surface area contributed by atoms with Crippen molar-refractivity contribution in [1.29, 1.82) is 0 Å². The van der Waals surface area contributed by atoms with Gasteiger partial charge in [-0.15, -0.1) is 0 Å². The average Bonchev–Trinajstić information content (AvgIpc) is 2.66. The van der Waals surface area contributed by atoms with Gasteiger partial charge in [0.05, 0.1) is 12.5 Å². The van der Waals surface area contributed by atoms with Crippen molar-refractivity contribution in [1.82, 2.24) is 0 Å². The molecule has 0 aliphatic carbocycles. The van der Waals surface area contributed by atoms with Crippen LogP contribution in [-0.4, -0.2) is 30.1 Å². The van der Waals surface area contributed by atoms with Crippen molar-refractivity contribution in [2.24, 2.45) is 0 Å². The largest absolute Gasteiger partial charge is 0.493 e. The van der Waals surface area contributed by atoms with Gasteiger partial charge in [0.15, 0.2) is 0 Å². The zero-order valence-electron chi connectivity index (χ0n) is 11.3. The molecule has 0 N–H and O–H groups in total. The maximum Gasteiger partial charge on any atom is 0.303 e. The summed E-state index contributed by atoms with van der Waals surface area (Å²) in [5.41, 5.74) is 0. The van der Waals surface area contributed by atoms with E-state index in [4.69, 9.17) is 9.47 Å². The van der Waals surface area contributed by atoms with Crippen LogP contribution in [0.25, 0.3) is 0 Å². The van der Waals surface area contributed by atoms with E-state index in [-0.39, 0.29) is 75.6 Å². The summed E-state index contributed by atoms with van der Waals surface area (Å²) in [6.07, 6.45) is 3.34. The summed E-state index contributed by atoms with van der Waals surface area (Å²) in [6, 6.07) is 0. The third kappa shape index (κ3) is 5.90. The van der Waals surface area contributed by atoms with E-state index in [0.29, 0.717) is 6.42 Å². The summed E-state index contributed by atoms with van der Waals surface area (Å²) in [7, 11) is 0. The number of ketones is 1. The van der Waals surface area contributed by atoms with Crippen LogP contribution in [0, 0.1) is 6.42 Å². The van der Waals surface area contributed by atoms with E-state index >= 15 is 0 Å². The van der Waals surface area contributed by atoms with Crippen molar-refractivity contribution in [3.63, 3.8) is 0 Å². The number of carbonyl (C=O) groups is 2. The van der Waals surface area contributed by atoms with Gasteiger partial charge in [0.25, 0.3) is 0 Å². The molecule has 3 atom stereocenters. The van der Waals surface area contributed by atoms with Gasteiger partial charge in [-0.1, -0.05) is 26.9 Å². The fourth-order valence-corrected chi connectivity index (χ4v) is 1.86. The van der Waals surface area contributed by atoms with E-state index in [1.165, 1.54) is 0 Å². The van der Waals surface area contributed by atoms with E-state index in [1.54, 1.807) is 6.92 Å². The van der Waals surface area contributed by atoms with Crippen LogP contribution in [0.2, 0.25) is 0 Å². The zero-order valence-corrected chi connectivity index (χ0v) is 14.2. The molecule has 0 spiro atoms. The monoisotopic (exact) mass is 330 g/mol. The van der Waals surface area contributed by atoms with Crippen molar-refractivity contribution in [3.05, 3.63) is 6.42 Å². The Labute approximate surface area is 134 Å². The maximum atomic E-state index is 11.5. The van der Waals surface area contributed by atoms with Crippen molar-refractivity contribution >= 4 is 11.8 Å². The fourth-order valence-electron chi connectivity index (χ4n) is 1.86.